The standard InChI is InChI=1S/C12H18N2O4S/c1-8(15)10-6-9(14(16)17)11(19-10)13-4-5-18-7-12(13,2)3/h6,8,15H,4-5,7H2,1-3H3. The number of rotatable bonds is 3. The van der Waals surface area contributed by atoms with Gasteiger partial charge in [-0.2, -0.15) is 0 Å². The SMILES string of the molecule is CC(O)c1cc([N+](=O)[O-])c(N2CCOCC2(C)C)s1. The van der Waals surface area contributed by atoms with E-state index in [-0.39, 0.29) is 16.1 Å². The van der Waals surface area contributed by atoms with E-state index in [1.165, 1.54) is 17.4 Å². The molecule has 1 aliphatic heterocycles. The van der Waals surface area contributed by atoms with Gasteiger partial charge in [0.05, 0.1) is 29.8 Å². The molecule has 2 rings (SSSR count). The van der Waals surface area contributed by atoms with Crippen molar-refractivity contribution in [1.29, 1.82) is 0 Å². The number of ether oxygens (including phenoxy) is 1. The number of aliphatic hydroxyl groups is 1. The highest BCUT2D eigenvalue weighted by molar-refractivity contribution is 7.16. The van der Waals surface area contributed by atoms with E-state index in [1.54, 1.807) is 6.92 Å². The number of anilines is 1. The Morgan fingerprint density at radius 2 is 2.32 bits per heavy atom. The Kier molecular flexibility index (Phi) is 3.80. The van der Waals surface area contributed by atoms with Crippen molar-refractivity contribution in [3.8, 4) is 0 Å². The van der Waals surface area contributed by atoms with E-state index < -0.39 is 6.10 Å². The van der Waals surface area contributed by atoms with Crippen LogP contribution < -0.4 is 4.90 Å². The van der Waals surface area contributed by atoms with Gasteiger partial charge < -0.3 is 14.7 Å². The van der Waals surface area contributed by atoms with E-state index in [0.29, 0.717) is 29.6 Å². The van der Waals surface area contributed by atoms with Crippen molar-refractivity contribution >= 4 is 22.0 Å². The lowest BCUT2D eigenvalue weighted by molar-refractivity contribution is -0.383. The molecule has 1 aliphatic rings. The van der Waals surface area contributed by atoms with Crippen LogP contribution in [-0.4, -0.2) is 35.3 Å². The quantitative estimate of drug-likeness (QED) is 0.681. The van der Waals surface area contributed by atoms with Crippen LogP contribution in [-0.2, 0) is 4.74 Å². The fourth-order valence-corrected chi connectivity index (χ4v) is 3.41. The first-order valence-electron chi connectivity index (χ1n) is 6.14. The van der Waals surface area contributed by atoms with E-state index in [2.05, 4.69) is 0 Å². The van der Waals surface area contributed by atoms with Gasteiger partial charge in [0.15, 0.2) is 5.00 Å². The summed E-state index contributed by atoms with van der Waals surface area (Å²) in [6, 6.07) is 1.47. The van der Waals surface area contributed by atoms with Crippen LogP contribution in [0.5, 0.6) is 0 Å². The van der Waals surface area contributed by atoms with E-state index in [9.17, 15) is 15.2 Å². The first-order chi connectivity index (χ1) is 8.83. The highest BCUT2D eigenvalue weighted by atomic mass is 32.1. The Bertz CT molecular complexity index is 484. The van der Waals surface area contributed by atoms with Crippen LogP contribution in [0.4, 0.5) is 10.7 Å². The molecule has 1 fully saturated rings. The summed E-state index contributed by atoms with van der Waals surface area (Å²) >= 11 is 1.28. The monoisotopic (exact) mass is 286 g/mol. The Hall–Kier alpha value is -1.18. The highest BCUT2D eigenvalue weighted by Gasteiger charge is 2.36. The minimum absolute atomic E-state index is 0.0656. The number of aliphatic hydroxyl groups excluding tert-OH is 1. The lowest BCUT2D eigenvalue weighted by Crippen LogP contribution is -2.53. The maximum Gasteiger partial charge on any atom is 0.304 e. The van der Waals surface area contributed by atoms with Gasteiger partial charge in [0.1, 0.15) is 0 Å². The molecule has 0 spiro atoms. The van der Waals surface area contributed by atoms with E-state index in [1.807, 2.05) is 18.7 Å². The first kappa shape index (κ1) is 14.2. The molecule has 0 aromatic carbocycles. The molecule has 0 bridgehead atoms. The molecule has 1 unspecified atom stereocenters. The molecule has 1 aromatic rings. The summed E-state index contributed by atoms with van der Waals surface area (Å²) in [5.41, 5.74) is -0.222. The summed E-state index contributed by atoms with van der Waals surface area (Å²) in [6.45, 7) is 7.32. The zero-order valence-electron chi connectivity index (χ0n) is 11.3. The highest BCUT2D eigenvalue weighted by Crippen LogP contribution is 2.43. The lowest BCUT2D eigenvalue weighted by atomic mass is 10.0. The Labute approximate surface area is 115 Å². The zero-order chi connectivity index (χ0) is 14.2. The minimum Gasteiger partial charge on any atom is -0.388 e. The van der Waals surface area contributed by atoms with Crippen molar-refractivity contribution in [2.75, 3.05) is 24.7 Å². The number of nitro groups is 1. The fourth-order valence-electron chi connectivity index (χ4n) is 2.15. The molecule has 7 heteroatoms. The van der Waals surface area contributed by atoms with Gasteiger partial charge in [-0.05, 0) is 20.8 Å². The fraction of sp³-hybridized carbons (Fsp3) is 0.667. The molecule has 106 valence electrons. The number of morpholine rings is 1. The largest absolute Gasteiger partial charge is 0.388 e. The summed E-state index contributed by atoms with van der Waals surface area (Å²) in [6.07, 6.45) is -0.693. The molecule has 1 N–H and O–H groups in total. The Morgan fingerprint density at radius 1 is 1.63 bits per heavy atom. The smallest absolute Gasteiger partial charge is 0.304 e. The summed E-state index contributed by atoms with van der Waals surface area (Å²) in [4.78, 5) is 13.4. The molecular weight excluding hydrogens is 268 g/mol. The Balaban J connectivity index is 2.45. The lowest BCUT2D eigenvalue weighted by Gasteiger charge is -2.42. The molecule has 1 atom stereocenters. The van der Waals surface area contributed by atoms with Crippen LogP contribution in [0, 0.1) is 10.1 Å². The van der Waals surface area contributed by atoms with Gasteiger partial charge in [-0.25, -0.2) is 0 Å². The second-order valence-electron chi connectivity index (χ2n) is 5.29. The topological polar surface area (TPSA) is 75.8 Å². The molecule has 6 nitrogen and oxygen atoms in total. The predicted octanol–water partition coefficient (Wildman–Crippen LogP) is 2.32. The van der Waals surface area contributed by atoms with Gasteiger partial charge in [0.25, 0.3) is 0 Å². The second kappa shape index (κ2) is 5.07. The average molecular weight is 286 g/mol. The van der Waals surface area contributed by atoms with Crippen LogP contribution in [0.15, 0.2) is 6.07 Å². The van der Waals surface area contributed by atoms with E-state index in [4.69, 9.17) is 4.74 Å². The Morgan fingerprint density at radius 3 is 2.84 bits per heavy atom. The summed E-state index contributed by atoms with van der Waals surface area (Å²) in [7, 11) is 0. The van der Waals surface area contributed by atoms with Crippen LogP contribution in [0.3, 0.4) is 0 Å². The summed E-state index contributed by atoms with van der Waals surface area (Å²) < 4.78 is 5.43. The first-order valence-corrected chi connectivity index (χ1v) is 6.96. The van der Waals surface area contributed by atoms with Crippen LogP contribution in [0.2, 0.25) is 0 Å². The maximum absolute atomic E-state index is 11.2. The molecule has 1 aromatic heterocycles. The number of thiophene rings is 1. The van der Waals surface area contributed by atoms with E-state index in [0.717, 1.165) is 0 Å². The molecule has 0 radical (unpaired) electrons. The normalized spacial score (nSPS) is 20.3. The van der Waals surface area contributed by atoms with Crippen molar-refractivity contribution in [1.82, 2.24) is 0 Å². The van der Waals surface area contributed by atoms with Gasteiger partial charge in [-0.1, -0.05) is 0 Å². The average Bonchev–Trinajstić information content (AvgIpc) is 2.73. The zero-order valence-corrected chi connectivity index (χ0v) is 12.1. The third kappa shape index (κ3) is 2.72. The summed E-state index contributed by atoms with van der Waals surface area (Å²) in [5, 5.41) is 21.4. The van der Waals surface area contributed by atoms with Crippen molar-refractivity contribution in [2.24, 2.45) is 0 Å². The molecule has 2 heterocycles. The minimum atomic E-state index is -0.693. The summed E-state index contributed by atoms with van der Waals surface area (Å²) in [5.74, 6) is 0. The number of hydrogen-bond acceptors (Lipinski definition) is 6. The molecular formula is C12H18N2O4S. The molecule has 0 saturated carbocycles. The predicted molar refractivity (Wildman–Crippen MR) is 73.9 cm³/mol. The van der Waals surface area contributed by atoms with Gasteiger partial charge >= 0.3 is 5.69 Å². The third-order valence-electron chi connectivity index (χ3n) is 3.21. The van der Waals surface area contributed by atoms with Gasteiger partial charge in [0, 0.05) is 17.5 Å². The molecule has 1 saturated heterocycles. The second-order valence-corrected chi connectivity index (χ2v) is 6.35. The van der Waals surface area contributed by atoms with Crippen LogP contribution >= 0.6 is 11.3 Å². The third-order valence-corrected chi connectivity index (χ3v) is 4.53. The number of nitrogens with zero attached hydrogens (tertiary/aromatic N) is 2. The van der Waals surface area contributed by atoms with Crippen molar-refractivity contribution in [3.63, 3.8) is 0 Å². The number of hydrogen-bond donors (Lipinski definition) is 1. The van der Waals surface area contributed by atoms with Crippen LogP contribution in [0.1, 0.15) is 31.8 Å². The maximum atomic E-state index is 11.2. The van der Waals surface area contributed by atoms with Crippen LogP contribution in [0.25, 0.3) is 0 Å². The van der Waals surface area contributed by atoms with Crippen molar-refractivity contribution in [3.05, 3.63) is 21.1 Å². The van der Waals surface area contributed by atoms with Crippen molar-refractivity contribution in [2.45, 2.75) is 32.4 Å². The molecule has 19 heavy (non-hydrogen) atoms. The van der Waals surface area contributed by atoms with Gasteiger partial charge in [0.2, 0.25) is 0 Å². The molecule has 0 aliphatic carbocycles. The molecule has 0 amide bonds. The van der Waals surface area contributed by atoms with Gasteiger partial charge in [-0.3, -0.25) is 10.1 Å². The van der Waals surface area contributed by atoms with E-state index >= 15 is 0 Å². The van der Waals surface area contributed by atoms with Crippen molar-refractivity contribution < 1.29 is 14.8 Å². The van der Waals surface area contributed by atoms with Gasteiger partial charge in [-0.15, -0.1) is 11.3 Å².